The van der Waals surface area contributed by atoms with Crippen LogP contribution in [-0.4, -0.2) is 12.2 Å². The van der Waals surface area contributed by atoms with Gasteiger partial charge in [-0.3, -0.25) is 0 Å². The molecule has 3 aromatic rings. The highest BCUT2D eigenvalue weighted by molar-refractivity contribution is 8.22. The van der Waals surface area contributed by atoms with Crippen LogP contribution in [0.5, 0.6) is 5.75 Å². The van der Waals surface area contributed by atoms with E-state index in [9.17, 15) is 5.11 Å². The smallest absolute Gasteiger partial charge is 0.119 e. The van der Waals surface area contributed by atoms with E-state index in [2.05, 4.69) is 30.3 Å². The van der Waals surface area contributed by atoms with Crippen molar-refractivity contribution in [3.63, 3.8) is 0 Å². The summed E-state index contributed by atoms with van der Waals surface area (Å²) in [6, 6.07) is 28.2. The highest BCUT2D eigenvalue weighted by atomic mass is 32.2. The van der Waals surface area contributed by atoms with Crippen LogP contribution in [0.25, 0.3) is 0 Å². The number of thioether (sulfide) groups is 2. The molecule has 0 saturated heterocycles. The zero-order chi connectivity index (χ0) is 18.9. The first-order valence-corrected chi connectivity index (χ1v) is 10.4. The molecule has 0 spiro atoms. The molecule has 0 aliphatic carbocycles. The Bertz CT molecular complexity index is 820. The third-order valence-corrected chi connectivity index (χ3v) is 6.16. The van der Waals surface area contributed by atoms with Crippen molar-refractivity contribution in [2.24, 2.45) is 0 Å². The molecule has 0 bridgehead atoms. The third kappa shape index (κ3) is 6.21. The molecule has 0 radical (unpaired) electrons. The molecular weight excluding hydrogens is 372 g/mol. The molecule has 0 saturated carbocycles. The SMILES string of the molecule is COc1cccc([C@@H](O)CC=C(Sc2ccccc2)Sc2ccccc2)c1. The maximum Gasteiger partial charge on any atom is 0.119 e. The van der Waals surface area contributed by atoms with Gasteiger partial charge in [0.25, 0.3) is 0 Å². The monoisotopic (exact) mass is 394 g/mol. The fourth-order valence-electron chi connectivity index (χ4n) is 2.51. The molecule has 3 aromatic carbocycles. The second kappa shape index (κ2) is 10.3. The van der Waals surface area contributed by atoms with Gasteiger partial charge in [-0.25, -0.2) is 0 Å². The van der Waals surface area contributed by atoms with Crippen molar-refractivity contribution in [3.8, 4) is 5.75 Å². The lowest BCUT2D eigenvalue weighted by Crippen LogP contribution is -1.96. The van der Waals surface area contributed by atoms with E-state index >= 15 is 0 Å². The van der Waals surface area contributed by atoms with Crippen molar-refractivity contribution in [2.75, 3.05) is 7.11 Å². The Labute approximate surface area is 169 Å². The summed E-state index contributed by atoms with van der Waals surface area (Å²) < 4.78 is 6.40. The summed E-state index contributed by atoms with van der Waals surface area (Å²) in [6.45, 7) is 0. The van der Waals surface area contributed by atoms with E-state index < -0.39 is 6.10 Å². The minimum absolute atomic E-state index is 0.544. The lowest BCUT2D eigenvalue weighted by molar-refractivity contribution is 0.181. The van der Waals surface area contributed by atoms with Crippen molar-refractivity contribution in [1.29, 1.82) is 0 Å². The van der Waals surface area contributed by atoms with Gasteiger partial charge in [0.15, 0.2) is 0 Å². The number of aliphatic hydroxyl groups excluding tert-OH is 1. The summed E-state index contributed by atoms with van der Waals surface area (Å²) in [5, 5.41) is 10.6. The highest BCUT2D eigenvalue weighted by Gasteiger charge is 2.10. The molecule has 0 aromatic heterocycles. The summed E-state index contributed by atoms with van der Waals surface area (Å²) >= 11 is 3.43. The summed E-state index contributed by atoms with van der Waals surface area (Å²) in [5.41, 5.74) is 0.861. The number of hydrogen-bond acceptors (Lipinski definition) is 4. The van der Waals surface area contributed by atoms with E-state index in [1.807, 2.05) is 60.7 Å². The van der Waals surface area contributed by atoms with Gasteiger partial charge in [0.05, 0.1) is 13.2 Å². The van der Waals surface area contributed by atoms with Gasteiger partial charge in [-0.05, 0) is 48.4 Å². The van der Waals surface area contributed by atoms with Crippen LogP contribution in [0.2, 0.25) is 0 Å². The normalized spacial score (nSPS) is 11.6. The third-order valence-electron chi connectivity index (χ3n) is 3.91. The minimum Gasteiger partial charge on any atom is -0.497 e. The maximum atomic E-state index is 10.6. The quantitative estimate of drug-likeness (QED) is 0.439. The Kier molecular flexibility index (Phi) is 7.45. The summed E-state index contributed by atoms with van der Waals surface area (Å²) in [7, 11) is 1.64. The molecule has 2 nitrogen and oxygen atoms in total. The van der Waals surface area contributed by atoms with Gasteiger partial charge in [0, 0.05) is 14.0 Å². The van der Waals surface area contributed by atoms with Gasteiger partial charge < -0.3 is 9.84 Å². The van der Waals surface area contributed by atoms with E-state index in [0.29, 0.717) is 6.42 Å². The molecule has 138 valence electrons. The number of methoxy groups -OCH3 is 1. The van der Waals surface area contributed by atoms with E-state index in [0.717, 1.165) is 15.6 Å². The van der Waals surface area contributed by atoms with Gasteiger partial charge in [-0.15, -0.1) is 0 Å². The van der Waals surface area contributed by atoms with Crippen LogP contribution in [0.1, 0.15) is 18.1 Å². The van der Waals surface area contributed by atoms with E-state index in [-0.39, 0.29) is 0 Å². The first kappa shape index (κ1) is 19.6. The highest BCUT2D eigenvalue weighted by Crippen LogP contribution is 2.40. The Morgan fingerprint density at radius 3 is 2.04 bits per heavy atom. The molecule has 1 atom stereocenters. The number of benzene rings is 3. The fourth-order valence-corrected chi connectivity index (χ4v) is 4.66. The zero-order valence-electron chi connectivity index (χ0n) is 15.1. The van der Waals surface area contributed by atoms with Gasteiger partial charge in [-0.1, -0.05) is 78.1 Å². The molecule has 0 aliphatic rings. The molecule has 1 N–H and O–H groups in total. The van der Waals surface area contributed by atoms with Crippen molar-refractivity contribution < 1.29 is 9.84 Å². The van der Waals surface area contributed by atoms with Crippen molar-refractivity contribution in [3.05, 3.63) is 101 Å². The summed E-state index contributed by atoms with van der Waals surface area (Å²) in [5.74, 6) is 0.757. The molecule has 0 aliphatic heterocycles. The Morgan fingerprint density at radius 1 is 0.889 bits per heavy atom. The first-order valence-electron chi connectivity index (χ1n) is 8.72. The fraction of sp³-hybridized carbons (Fsp3) is 0.130. The molecular formula is C23H22O2S2. The van der Waals surface area contributed by atoms with Gasteiger partial charge in [0.1, 0.15) is 5.75 Å². The van der Waals surface area contributed by atoms with Crippen LogP contribution < -0.4 is 4.74 Å². The van der Waals surface area contributed by atoms with Crippen LogP contribution in [0.15, 0.2) is 105 Å². The topological polar surface area (TPSA) is 29.5 Å². The van der Waals surface area contributed by atoms with E-state index in [1.165, 1.54) is 9.79 Å². The van der Waals surface area contributed by atoms with Gasteiger partial charge in [-0.2, -0.15) is 0 Å². The maximum absolute atomic E-state index is 10.6. The van der Waals surface area contributed by atoms with Crippen molar-refractivity contribution in [2.45, 2.75) is 22.3 Å². The Morgan fingerprint density at radius 2 is 1.48 bits per heavy atom. The number of ether oxygens (including phenoxy) is 1. The van der Waals surface area contributed by atoms with Crippen molar-refractivity contribution in [1.82, 2.24) is 0 Å². The average Bonchev–Trinajstić information content (AvgIpc) is 2.73. The molecule has 27 heavy (non-hydrogen) atoms. The second-order valence-electron chi connectivity index (χ2n) is 5.88. The Hall–Kier alpha value is -2.14. The summed E-state index contributed by atoms with van der Waals surface area (Å²) in [6.07, 6.45) is 2.09. The van der Waals surface area contributed by atoms with E-state index in [1.54, 1.807) is 30.6 Å². The van der Waals surface area contributed by atoms with Gasteiger partial charge in [0.2, 0.25) is 0 Å². The first-order chi connectivity index (χ1) is 13.2. The van der Waals surface area contributed by atoms with E-state index in [4.69, 9.17) is 4.74 Å². The zero-order valence-corrected chi connectivity index (χ0v) is 16.7. The number of rotatable bonds is 8. The van der Waals surface area contributed by atoms with Crippen LogP contribution >= 0.6 is 23.5 Å². The van der Waals surface area contributed by atoms with Gasteiger partial charge >= 0.3 is 0 Å². The molecule has 4 heteroatoms. The lowest BCUT2D eigenvalue weighted by atomic mass is 10.1. The molecule has 0 heterocycles. The predicted molar refractivity (Wildman–Crippen MR) is 115 cm³/mol. The van der Waals surface area contributed by atoms with Crippen LogP contribution in [0.3, 0.4) is 0 Å². The average molecular weight is 395 g/mol. The largest absolute Gasteiger partial charge is 0.497 e. The molecule has 3 rings (SSSR count). The Balaban J connectivity index is 1.76. The molecule has 0 unspecified atom stereocenters. The molecule has 0 amide bonds. The lowest BCUT2D eigenvalue weighted by Gasteiger charge is -2.12. The predicted octanol–water partition coefficient (Wildman–Crippen LogP) is 6.54. The standard InChI is InChI=1S/C23H22O2S2/c1-25-19-10-8-9-18(17-19)22(24)15-16-23(26-20-11-4-2-5-12-20)27-21-13-6-3-7-14-21/h2-14,16-17,22,24H,15H2,1H3/t22-/m0/s1. The van der Waals surface area contributed by atoms with Crippen LogP contribution in [0.4, 0.5) is 0 Å². The second-order valence-corrected chi connectivity index (χ2v) is 8.37. The van der Waals surface area contributed by atoms with Crippen molar-refractivity contribution >= 4 is 23.5 Å². The molecule has 0 fully saturated rings. The van der Waals surface area contributed by atoms with Crippen LogP contribution in [-0.2, 0) is 0 Å². The number of hydrogen-bond donors (Lipinski definition) is 1. The number of aliphatic hydroxyl groups is 1. The summed E-state index contributed by atoms with van der Waals surface area (Å²) in [4.78, 5) is 2.37. The van der Waals surface area contributed by atoms with Crippen LogP contribution in [0, 0.1) is 0 Å². The minimum atomic E-state index is -0.567.